The van der Waals surface area contributed by atoms with Gasteiger partial charge in [0.15, 0.2) is 5.16 Å². The van der Waals surface area contributed by atoms with Crippen LogP contribution in [-0.2, 0) is 17.8 Å². The van der Waals surface area contributed by atoms with E-state index in [1.807, 2.05) is 0 Å². The number of rotatable bonds is 7. The second-order valence-corrected chi connectivity index (χ2v) is 8.40. The van der Waals surface area contributed by atoms with Crippen LogP contribution in [0.25, 0.3) is 10.9 Å². The molecule has 0 bridgehead atoms. The summed E-state index contributed by atoms with van der Waals surface area (Å²) in [6.07, 6.45) is 1.81. The summed E-state index contributed by atoms with van der Waals surface area (Å²) in [5, 5.41) is 21.2. The molecule has 10 heteroatoms. The Morgan fingerprint density at radius 3 is 2.84 bits per heavy atom. The molecule has 4 rings (SSSR count). The number of hydrogen-bond donors (Lipinski definition) is 1. The summed E-state index contributed by atoms with van der Waals surface area (Å²) in [6.45, 7) is 0.783. The molecule has 1 amide bonds. The van der Waals surface area contributed by atoms with Crippen molar-refractivity contribution in [2.45, 2.75) is 31.0 Å². The van der Waals surface area contributed by atoms with Crippen molar-refractivity contribution in [3.8, 4) is 0 Å². The van der Waals surface area contributed by atoms with Gasteiger partial charge in [-0.3, -0.25) is 24.3 Å². The molecule has 1 N–H and O–H groups in total. The smallest absolute Gasteiger partial charge is 0.269 e. The van der Waals surface area contributed by atoms with Crippen LogP contribution in [0.1, 0.15) is 18.4 Å². The molecule has 0 fully saturated rings. The van der Waals surface area contributed by atoms with Crippen LogP contribution in [0.15, 0.2) is 52.4 Å². The van der Waals surface area contributed by atoms with Crippen molar-refractivity contribution in [3.63, 3.8) is 0 Å². The van der Waals surface area contributed by atoms with E-state index in [2.05, 4.69) is 4.98 Å². The Bertz CT molecular complexity index is 1240. The van der Waals surface area contributed by atoms with E-state index in [9.17, 15) is 24.8 Å². The molecule has 32 heavy (non-hydrogen) atoms. The van der Waals surface area contributed by atoms with E-state index in [0.29, 0.717) is 47.7 Å². The fourth-order valence-electron chi connectivity index (χ4n) is 3.84. The summed E-state index contributed by atoms with van der Waals surface area (Å²) >= 11 is 1.18. The van der Waals surface area contributed by atoms with Gasteiger partial charge < -0.3 is 10.0 Å². The number of amides is 1. The predicted octanol–water partition coefficient (Wildman–Crippen LogP) is 2.76. The van der Waals surface area contributed by atoms with Gasteiger partial charge in [0.2, 0.25) is 5.91 Å². The summed E-state index contributed by atoms with van der Waals surface area (Å²) in [7, 11) is 0. The SMILES string of the molecule is O=C(CSc1nc2ccccc2c(=O)n1CCCO)N1CCCc2cc([N+](=O)[O-])ccc21. The van der Waals surface area contributed by atoms with Gasteiger partial charge in [-0.1, -0.05) is 23.9 Å². The van der Waals surface area contributed by atoms with Crippen molar-refractivity contribution in [1.29, 1.82) is 0 Å². The Morgan fingerprint density at radius 1 is 1.25 bits per heavy atom. The number of carbonyl (C=O) groups excluding carboxylic acids is 1. The van der Waals surface area contributed by atoms with Gasteiger partial charge in [-0.2, -0.15) is 0 Å². The highest BCUT2D eigenvalue weighted by molar-refractivity contribution is 7.99. The Balaban J connectivity index is 1.58. The van der Waals surface area contributed by atoms with Gasteiger partial charge in [-0.25, -0.2) is 4.98 Å². The molecule has 2 aromatic carbocycles. The third-order valence-corrected chi connectivity index (χ3v) is 6.35. The van der Waals surface area contributed by atoms with Crippen LogP contribution in [0, 0.1) is 10.1 Å². The number of thioether (sulfide) groups is 1. The van der Waals surface area contributed by atoms with Gasteiger partial charge in [0, 0.05) is 37.5 Å². The number of aliphatic hydroxyl groups is 1. The van der Waals surface area contributed by atoms with Crippen molar-refractivity contribution >= 4 is 39.9 Å². The molecular formula is C22H22N4O5S. The number of carbonyl (C=O) groups is 1. The molecule has 0 saturated carbocycles. The largest absolute Gasteiger partial charge is 0.396 e. The highest BCUT2D eigenvalue weighted by Gasteiger charge is 2.25. The number of aliphatic hydroxyl groups excluding tert-OH is 1. The van der Waals surface area contributed by atoms with Gasteiger partial charge in [0.1, 0.15) is 0 Å². The molecule has 3 aromatic rings. The number of aryl methyl sites for hydroxylation is 1. The molecule has 0 spiro atoms. The number of nitro groups is 1. The lowest BCUT2D eigenvalue weighted by molar-refractivity contribution is -0.384. The van der Waals surface area contributed by atoms with Gasteiger partial charge >= 0.3 is 0 Å². The van der Waals surface area contributed by atoms with Crippen LogP contribution in [0.3, 0.4) is 0 Å². The average Bonchev–Trinajstić information content (AvgIpc) is 2.81. The normalized spacial score (nSPS) is 13.2. The number of anilines is 1. The Hall–Kier alpha value is -3.24. The van der Waals surface area contributed by atoms with Gasteiger partial charge in [-0.05, 0) is 43.0 Å². The zero-order valence-electron chi connectivity index (χ0n) is 17.3. The number of para-hydroxylation sites is 1. The molecular weight excluding hydrogens is 432 g/mol. The molecule has 166 valence electrons. The Kier molecular flexibility index (Phi) is 6.52. The van der Waals surface area contributed by atoms with E-state index in [4.69, 9.17) is 0 Å². The van der Waals surface area contributed by atoms with Crippen molar-refractivity contribution in [2.75, 3.05) is 23.8 Å². The molecule has 0 aliphatic carbocycles. The minimum Gasteiger partial charge on any atom is -0.396 e. The van der Waals surface area contributed by atoms with Crippen LogP contribution in [0.5, 0.6) is 0 Å². The maximum absolute atomic E-state index is 13.0. The fraction of sp³-hybridized carbons (Fsp3) is 0.318. The van der Waals surface area contributed by atoms with Crippen LogP contribution >= 0.6 is 11.8 Å². The Labute approximate surface area is 187 Å². The van der Waals surface area contributed by atoms with Gasteiger partial charge in [0.25, 0.3) is 11.2 Å². The van der Waals surface area contributed by atoms with Crippen molar-refractivity contribution in [3.05, 3.63) is 68.5 Å². The third-order valence-electron chi connectivity index (χ3n) is 5.38. The molecule has 2 heterocycles. The average molecular weight is 455 g/mol. The first-order valence-corrected chi connectivity index (χ1v) is 11.3. The lowest BCUT2D eigenvalue weighted by Crippen LogP contribution is -2.37. The number of aromatic nitrogens is 2. The van der Waals surface area contributed by atoms with E-state index < -0.39 is 4.92 Å². The first kappa shape index (κ1) is 22.0. The lowest BCUT2D eigenvalue weighted by atomic mass is 10.0. The summed E-state index contributed by atoms with van der Waals surface area (Å²) in [4.78, 5) is 42.8. The number of non-ortho nitro benzene ring substituents is 1. The minimum absolute atomic E-state index is 0.0145. The molecule has 0 saturated heterocycles. The monoisotopic (exact) mass is 454 g/mol. The zero-order chi connectivity index (χ0) is 22.7. The first-order chi connectivity index (χ1) is 15.5. The highest BCUT2D eigenvalue weighted by Crippen LogP contribution is 2.31. The maximum atomic E-state index is 13.0. The molecule has 0 unspecified atom stereocenters. The molecule has 1 aliphatic heterocycles. The van der Waals surface area contributed by atoms with E-state index in [1.54, 1.807) is 35.2 Å². The molecule has 1 aliphatic rings. The van der Waals surface area contributed by atoms with E-state index in [1.165, 1.54) is 28.5 Å². The first-order valence-electron chi connectivity index (χ1n) is 10.3. The molecule has 1 aromatic heterocycles. The van der Waals surface area contributed by atoms with Gasteiger partial charge in [-0.15, -0.1) is 0 Å². The summed E-state index contributed by atoms with van der Waals surface area (Å²) < 4.78 is 1.50. The number of benzene rings is 2. The van der Waals surface area contributed by atoms with E-state index in [0.717, 1.165) is 12.0 Å². The second-order valence-electron chi connectivity index (χ2n) is 7.45. The van der Waals surface area contributed by atoms with Crippen molar-refractivity contribution < 1.29 is 14.8 Å². The standard InChI is InChI=1S/C22H22N4O5S/c27-12-4-11-25-21(29)17-6-1-2-7-18(17)23-22(25)32-14-20(28)24-10-3-5-15-13-16(26(30)31)8-9-19(15)24/h1-2,6-9,13,27H,3-5,10-12,14H2. The van der Waals surface area contributed by atoms with Crippen LogP contribution < -0.4 is 10.5 Å². The van der Waals surface area contributed by atoms with Crippen LogP contribution in [0.4, 0.5) is 11.4 Å². The predicted molar refractivity (Wildman–Crippen MR) is 122 cm³/mol. The van der Waals surface area contributed by atoms with E-state index in [-0.39, 0.29) is 29.5 Å². The number of fused-ring (bicyclic) bond motifs is 2. The van der Waals surface area contributed by atoms with E-state index >= 15 is 0 Å². The quantitative estimate of drug-likeness (QED) is 0.252. The highest BCUT2D eigenvalue weighted by atomic mass is 32.2. The fourth-order valence-corrected chi connectivity index (χ4v) is 4.75. The third kappa shape index (κ3) is 4.37. The van der Waals surface area contributed by atoms with Crippen molar-refractivity contribution in [1.82, 2.24) is 9.55 Å². The topological polar surface area (TPSA) is 119 Å². The summed E-state index contributed by atoms with van der Waals surface area (Å²) in [5.74, 6) is -0.0822. The number of nitrogens with zero attached hydrogens (tertiary/aromatic N) is 4. The summed E-state index contributed by atoms with van der Waals surface area (Å²) in [6, 6.07) is 11.6. The second kappa shape index (κ2) is 9.49. The molecule has 9 nitrogen and oxygen atoms in total. The minimum atomic E-state index is -0.437. The number of hydrogen-bond acceptors (Lipinski definition) is 7. The summed E-state index contributed by atoms with van der Waals surface area (Å²) in [5.41, 5.74) is 1.85. The Morgan fingerprint density at radius 2 is 2.06 bits per heavy atom. The van der Waals surface area contributed by atoms with Gasteiger partial charge in [0.05, 0.1) is 21.6 Å². The van der Waals surface area contributed by atoms with Crippen molar-refractivity contribution in [2.24, 2.45) is 0 Å². The number of nitro benzene ring substituents is 1. The zero-order valence-corrected chi connectivity index (χ0v) is 18.1. The molecule has 0 radical (unpaired) electrons. The lowest BCUT2D eigenvalue weighted by Gasteiger charge is -2.29. The maximum Gasteiger partial charge on any atom is 0.269 e. The van der Waals surface area contributed by atoms with Crippen LogP contribution in [-0.4, -0.2) is 44.4 Å². The van der Waals surface area contributed by atoms with Crippen LogP contribution in [0.2, 0.25) is 0 Å². The molecule has 0 atom stereocenters.